The number of carbonyl (C=O) groups excluding carboxylic acids is 5. The number of likely N-dealkylation sites (tertiary alicyclic amines) is 3. The fourth-order valence-electron chi connectivity index (χ4n) is 12.4. The smallest absolute Gasteiger partial charge is 0.407 e. The Morgan fingerprint density at radius 3 is 1.91 bits per heavy atom. The van der Waals surface area contributed by atoms with Crippen LogP contribution in [-0.2, 0) is 23.9 Å². The largest absolute Gasteiger partial charge is 0.453 e. The average molecular weight is 916 g/mol. The van der Waals surface area contributed by atoms with Crippen LogP contribution in [0.15, 0.2) is 48.3 Å². The number of allylic oxidation sites excluding steroid dienone is 5. The fraction of sp³-hybridized carbons (Fsp3) is 0.549. The summed E-state index contributed by atoms with van der Waals surface area (Å²) in [6.45, 7) is 15.3. The van der Waals surface area contributed by atoms with Gasteiger partial charge in [0.15, 0.2) is 0 Å². The lowest BCUT2D eigenvalue weighted by Gasteiger charge is -2.31. The van der Waals surface area contributed by atoms with Crippen LogP contribution in [-0.4, -0.2) is 111 Å². The van der Waals surface area contributed by atoms with Crippen LogP contribution in [0.3, 0.4) is 0 Å². The number of methoxy groups -OCH3 is 2. The SMILES string of the molecule is C=C/C(=C1\C(=C(/C)c2ccc(-c3cnc([C@@H]4CCCN4C(=O)[C@@H](NC(=O)OC)C(C)C)[nH]3)c3c2C2CC3C(=O)N2C)C2CCC1C2)c1cnc([C@@H]2CCCN2C(=O)[C@@H](NC(=O)OC)C(C)C)[nH]1. The van der Waals surface area contributed by atoms with E-state index >= 15 is 0 Å². The summed E-state index contributed by atoms with van der Waals surface area (Å²) in [5.41, 5.74) is 10.9. The van der Waals surface area contributed by atoms with Gasteiger partial charge in [0.1, 0.15) is 23.7 Å². The number of aromatic amines is 2. The van der Waals surface area contributed by atoms with Crippen LogP contribution < -0.4 is 10.6 Å². The van der Waals surface area contributed by atoms with E-state index in [-0.39, 0.29) is 53.6 Å². The topological polar surface area (TPSA) is 195 Å². The van der Waals surface area contributed by atoms with Crippen molar-refractivity contribution in [3.05, 3.63) is 82.4 Å². The molecule has 0 spiro atoms. The highest BCUT2D eigenvalue weighted by atomic mass is 16.5. The maximum absolute atomic E-state index is 13.9. The quantitative estimate of drug-likeness (QED) is 0.141. The normalized spacial score (nSPS) is 26.4. The van der Waals surface area contributed by atoms with Gasteiger partial charge in [0, 0.05) is 31.3 Å². The van der Waals surface area contributed by atoms with Crippen molar-refractivity contribution in [2.75, 3.05) is 34.4 Å². The van der Waals surface area contributed by atoms with Crippen LogP contribution in [0.4, 0.5) is 9.59 Å². The number of H-pyrrole nitrogens is 2. The number of alkyl carbamates (subject to hydrolysis) is 2. The highest BCUT2D eigenvalue weighted by Crippen LogP contribution is 2.59. The molecule has 9 rings (SSSR count). The first-order valence-corrected chi connectivity index (χ1v) is 24.1. The Bertz CT molecular complexity index is 2570. The molecule has 356 valence electrons. The molecule has 16 heteroatoms. The van der Waals surface area contributed by atoms with Crippen molar-refractivity contribution < 1.29 is 33.4 Å². The van der Waals surface area contributed by atoms with Crippen molar-refractivity contribution in [3.8, 4) is 11.3 Å². The Labute approximate surface area is 392 Å². The first-order valence-electron chi connectivity index (χ1n) is 24.1. The van der Waals surface area contributed by atoms with Crippen LogP contribution in [0.5, 0.6) is 0 Å². The van der Waals surface area contributed by atoms with Crippen LogP contribution in [0.2, 0.25) is 0 Å². The summed E-state index contributed by atoms with van der Waals surface area (Å²) in [4.78, 5) is 88.6. The van der Waals surface area contributed by atoms with E-state index in [0.29, 0.717) is 43.0 Å². The molecular weight excluding hydrogens is 851 g/mol. The number of amides is 5. The number of benzene rings is 1. The minimum absolute atomic E-state index is 0.0612. The van der Waals surface area contributed by atoms with E-state index in [0.717, 1.165) is 78.6 Å². The van der Waals surface area contributed by atoms with Crippen LogP contribution in [0.1, 0.15) is 144 Å². The zero-order valence-electron chi connectivity index (χ0n) is 40.0. The first-order chi connectivity index (χ1) is 32.2. The number of imidazole rings is 2. The molecule has 8 atom stereocenters. The van der Waals surface area contributed by atoms with E-state index in [9.17, 15) is 24.0 Å². The molecule has 4 bridgehead atoms. The number of hydrogen-bond donors (Lipinski definition) is 4. The molecule has 67 heavy (non-hydrogen) atoms. The van der Waals surface area contributed by atoms with Gasteiger partial charge in [0.2, 0.25) is 17.7 Å². The molecule has 5 heterocycles. The zero-order valence-corrected chi connectivity index (χ0v) is 40.0. The predicted molar refractivity (Wildman–Crippen MR) is 252 cm³/mol. The Morgan fingerprint density at radius 1 is 0.776 bits per heavy atom. The van der Waals surface area contributed by atoms with Gasteiger partial charge in [-0.05, 0) is 115 Å². The highest BCUT2D eigenvalue weighted by Gasteiger charge is 2.51. The minimum atomic E-state index is -0.735. The van der Waals surface area contributed by atoms with E-state index < -0.39 is 24.3 Å². The van der Waals surface area contributed by atoms with Gasteiger partial charge in [-0.3, -0.25) is 14.4 Å². The second-order valence-electron chi connectivity index (χ2n) is 20.0. The molecule has 2 saturated carbocycles. The molecule has 1 aromatic carbocycles. The Kier molecular flexibility index (Phi) is 12.4. The van der Waals surface area contributed by atoms with Gasteiger partial charge in [0.25, 0.3) is 0 Å². The third-order valence-electron chi connectivity index (χ3n) is 15.6. The summed E-state index contributed by atoms with van der Waals surface area (Å²) in [7, 11) is 4.50. The predicted octanol–water partition coefficient (Wildman–Crippen LogP) is 7.73. The molecule has 0 radical (unpaired) electrons. The van der Waals surface area contributed by atoms with Crippen molar-refractivity contribution in [2.24, 2.45) is 23.7 Å². The molecule has 3 aliphatic heterocycles. The van der Waals surface area contributed by atoms with Crippen molar-refractivity contribution in [2.45, 2.75) is 122 Å². The average Bonchev–Trinajstić information content (AvgIpc) is 4.18. The zero-order chi connectivity index (χ0) is 47.6. The number of aromatic nitrogens is 4. The Hall–Kier alpha value is -6.19. The molecule has 3 aliphatic carbocycles. The number of hydrogen-bond acceptors (Lipinski definition) is 9. The van der Waals surface area contributed by atoms with Gasteiger partial charge in [-0.25, -0.2) is 19.6 Å². The van der Waals surface area contributed by atoms with Crippen LogP contribution in [0.25, 0.3) is 22.4 Å². The van der Waals surface area contributed by atoms with Crippen LogP contribution >= 0.6 is 0 Å². The summed E-state index contributed by atoms with van der Waals surface area (Å²) < 4.78 is 9.67. The lowest BCUT2D eigenvalue weighted by atomic mass is 9.79. The van der Waals surface area contributed by atoms with Gasteiger partial charge >= 0.3 is 12.2 Å². The lowest BCUT2D eigenvalue weighted by molar-refractivity contribution is -0.136. The molecule has 5 fully saturated rings. The molecule has 4 N–H and O–H groups in total. The van der Waals surface area contributed by atoms with Gasteiger partial charge in [-0.1, -0.05) is 52.5 Å². The second-order valence-corrected chi connectivity index (χ2v) is 20.0. The number of carbonyl (C=O) groups is 5. The lowest BCUT2D eigenvalue weighted by Crippen LogP contribution is -2.51. The molecule has 3 saturated heterocycles. The van der Waals surface area contributed by atoms with E-state index in [1.165, 1.54) is 36.5 Å². The number of nitrogens with one attached hydrogen (secondary N) is 4. The van der Waals surface area contributed by atoms with Crippen LogP contribution in [0, 0.1) is 23.7 Å². The first kappa shape index (κ1) is 45.9. The molecular formula is C51H65N9O7. The van der Waals surface area contributed by atoms with Crippen molar-refractivity contribution >= 4 is 41.1 Å². The monoisotopic (exact) mass is 916 g/mol. The Balaban J connectivity index is 1.06. The van der Waals surface area contributed by atoms with E-state index in [2.05, 4.69) is 46.2 Å². The number of fused-ring (bicyclic) bond motifs is 7. The van der Waals surface area contributed by atoms with E-state index in [4.69, 9.17) is 19.4 Å². The Morgan fingerprint density at radius 2 is 1.34 bits per heavy atom. The van der Waals surface area contributed by atoms with E-state index in [1.54, 1.807) is 0 Å². The second kappa shape index (κ2) is 18.1. The molecule has 5 amide bonds. The summed E-state index contributed by atoms with van der Waals surface area (Å²) in [5, 5.41) is 5.47. The summed E-state index contributed by atoms with van der Waals surface area (Å²) in [6, 6.07) is 2.30. The highest BCUT2D eigenvalue weighted by molar-refractivity contribution is 5.95. The molecule has 16 nitrogen and oxygen atoms in total. The number of ether oxygens (including phenoxy) is 2. The summed E-state index contributed by atoms with van der Waals surface area (Å²) in [6.07, 6.45) is 11.5. The van der Waals surface area contributed by atoms with Gasteiger partial charge < -0.3 is 44.8 Å². The fourth-order valence-corrected chi connectivity index (χ4v) is 12.4. The summed E-state index contributed by atoms with van der Waals surface area (Å²) >= 11 is 0. The van der Waals surface area contributed by atoms with Gasteiger partial charge in [0.05, 0.1) is 62.0 Å². The van der Waals surface area contributed by atoms with E-state index in [1.807, 2.05) is 67.9 Å². The van der Waals surface area contributed by atoms with Gasteiger partial charge in [-0.2, -0.15) is 0 Å². The maximum atomic E-state index is 13.9. The molecule has 4 unspecified atom stereocenters. The molecule has 2 aromatic heterocycles. The third kappa shape index (κ3) is 7.83. The standard InChI is InChI=1S/C51H65N9O7/c1-10-30(34-23-52-45(54-34)36-13-11-19-59(36)48(62)43(25(2)3)56-50(64)66-8)40-29-16-15-28(21-29)39(40)27(6)31-17-18-32(41-33-22-38(42(31)41)58(7)47(33)61)35-24-53-46(55-35)37-14-12-20-60(37)49(63)44(26(4)5)57-51(65)67-9/h10,17-18,23-26,28-29,33,36-38,43-44H,1,11-16,19-22H2,2-9H3,(H,52,54)(H,53,55)(H,56,64)(H,57,65)/b39-27+,40-30+/t28?,29?,33?,36-,37-,38?,43-,44-/m0/s1. The maximum Gasteiger partial charge on any atom is 0.407 e. The summed E-state index contributed by atoms with van der Waals surface area (Å²) in [5.74, 6) is 1.40. The number of rotatable bonds is 12. The minimum Gasteiger partial charge on any atom is -0.453 e. The number of nitrogens with zero attached hydrogens (tertiary/aromatic N) is 5. The number of likely N-dealkylation sites (N-methyl/N-ethyl adjacent to an activating group) is 1. The van der Waals surface area contributed by atoms with Gasteiger partial charge in [-0.15, -0.1) is 0 Å². The molecule has 6 aliphatic rings. The third-order valence-corrected chi connectivity index (χ3v) is 15.6. The van der Waals surface area contributed by atoms with Crippen molar-refractivity contribution in [3.63, 3.8) is 0 Å². The van der Waals surface area contributed by atoms with Crippen molar-refractivity contribution in [1.29, 1.82) is 0 Å². The van der Waals surface area contributed by atoms with Crippen molar-refractivity contribution in [1.82, 2.24) is 45.3 Å². The molecule has 3 aromatic rings.